The van der Waals surface area contributed by atoms with E-state index in [4.69, 9.17) is 11.6 Å². The average Bonchev–Trinajstić information content (AvgIpc) is 2.29. The Kier molecular flexibility index (Phi) is 4.27. The van der Waals surface area contributed by atoms with Crippen molar-refractivity contribution in [3.63, 3.8) is 0 Å². The number of nitrogens with one attached hydrogen (secondary N) is 2. The Balaban J connectivity index is 2.90. The maximum absolute atomic E-state index is 12.8. The van der Waals surface area contributed by atoms with Gasteiger partial charge < -0.3 is 4.74 Å². The van der Waals surface area contributed by atoms with Crippen LogP contribution < -0.4 is 10.3 Å². The van der Waals surface area contributed by atoms with Gasteiger partial charge in [0.15, 0.2) is 0 Å². The zero-order chi connectivity index (χ0) is 13.1. The minimum atomic E-state index is -4.02. The quantitative estimate of drug-likeness (QED) is 0.811. The zero-order valence-electron chi connectivity index (χ0n) is 8.53. The molecule has 1 rings (SSSR count). The van der Waals surface area contributed by atoms with Gasteiger partial charge in [0.05, 0.1) is 17.0 Å². The molecule has 2 N–H and O–H groups in total. The number of amides is 1. The topological polar surface area (TPSA) is 84.5 Å². The molecule has 17 heavy (non-hydrogen) atoms. The van der Waals surface area contributed by atoms with Crippen molar-refractivity contribution in [3.05, 3.63) is 29.0 Å². The van der Waals surface area contributed by atoms with Crippen LogP contribution >= 0.6 is 11.6 Å². The van der Waals surface area contributed by atoms with E-state index in [9.17, 15) is 17.6 Å². The van der Waals surface area contributed by atoms with Crippen LogP contribution in [-0.2, 0) is 14.8 Å². The fraction of sp³-hybridized carbons (Fsp3) is 0.125. The Morgan fingerprint density at radius 2 is 2.12 bits per heavy atom. The minimum absolute atomic E-state index is 0.291. The van der Waals surface area contributed by atoms with Crippen LogP contribution in [0.2, 0.25) is 5.02 Å². The maximum Gasteiger partial charge on any atom is 0.422 e. The van der Waals surface area contributed by atoms with Crippen molar-refractivity contribution in [1.82, 2.24) is 10.3 Å². The Morgan fingerprint density at radius 1 is 1.47 bits per heavy atom. The molecule has 1 amide bonds. The molecule has 0 aliphatic rings. The third kappa shape index (κ3) is 3.55. The van der Waals surface area contributed by atoms with Gasteiger partial charge in [-0.05, 0) is 18.2 Å². The van der Waals surface area contributed by atoms with Gasteiger partial charge in [-0.1, -0.05) is 11.6 Å². The molecule has 0 spiro atoms. The van der Waals surface area contributed by atoms with E-state index in [0.29, 0.717) is 0 Å². The Hall–Kier alpha value is -1.38. The predicted octanol–water partition coefficient (Wildman–Crippen LogP) is 1.03. The first-order valence-electron chi connectivity index (χ1n) is 4.17. The molecule has 94 valence electrons. The number of carbonyl (C=O) groups excluding carboxylic acids is 1. The summed E-state index contributed by atoms with van der Waals surface area (Å²) in [6, 6.07) is 2.82. The molecule has 0 fully saturated rings. The second-order valence-electron chi connectivity index (χ2n) is 2.80. The largest absolute Gasteiger partial charge is 0.452 e. The number of benzene rings is 1. The molecule has 1 aromatic rings. The number of hydrogen-bond donors (Lipinski definition) is 2. The van der Waals surface area contributed by atoms with Gasteiger partial charge in [-0.2, -0.15) is 0 Å². The van der Waals surface area contributed by atoms with Crippen LogP contribution in [0, 0.1) is 5.82 Å². The molecule has 0 aromatic heterocycles. The molecule has 1 aromatic carbocycles. The van der Waals surface area contributed by atoms with E-state index in [1.165, 1.54) is 0 Å². The molecule has 0 saturated carbocycles. The van der Waals surface area contributed by atoms with Crippen molar-refractivity contribution in [3.8, 4) is 0 Å². The van der Waals surface area contributed by atoms with E-state index >= 15 is 0 Å². The molecule has 0 radical (unpaired) electrons. The smallest absolute Gasteiger partial charge is 0.422 e. The lowest BCUT2D eigenvalue weighted by Gasteiger charge is -2.07. The SMILES string of the molecule is COC(=O)NNS(=O)(=O)c1ccc(F)c(Cl)c1. The zero-order valence-corrected chi connectivity index (χ0v) is 10.1. The highest BCUT2D eigenvalue weighted by Crippen LogP contribution is 2.18. The van der Waals surface area contributed by atoms with Crippen LogP contribution in [0.5, 0.6) is 0 Å². The summed E-state index contributed by atoms with van der Waals surface area (Å²) in [5.74, 6) is -0.744. The molecule has 0 aliphatic carbocycles. The van der Waals surface area contributed by atoms with Gasteiger partial charge in [-0.25, -0.2) is 23.0 Å². The molecule has 0 atom stereocenters. The summed E-state index contributed by atoms with van der Waals surface area (Å²) < 4.78 is 40.1. The first-order chi connectivity index (χ1) is 7.86. The van der Waals surface area contributed by atoms with Crippen LogP contribution in [0.1, 0.15) is 0 Å². The van der Waals surface area contributed by atoms with Crippen LogP contribution in [-0.4, -0.2) is 21.6 Å². The van der Waals surface area contributed by atoms with Crippen molar-refractivity contribution in [2.45, 2.75) is 4.90 Å². The van der Waals surface area contributed by atoms with Gasteiger partial charge in [0.2, 0.25) is 0 Å². The fourth-order valence-electron chi connectivity index (χ4n) is 0.863. The standard InChI is InChI=1S/C8H8ClFN2O4S/c1-16-8(13)11-12-17(14,15)5-2-3-7(10)6(9)4-5/h2-4,12H,1H3,(H,11,13). The van der Waals surface area contributed by atoms with Gasteiger partial charge >= 0.3 is 6.09 Å². The summed E-state index contributed by atoms with van der Waals surface area (Å²) in [7, 11) is -2.95. The molecule has 0 heterocycles. The average molecular weight is 283 g/mol. The number of hydrazine groups is 1. The molecule has 0 bridgehead atoms. The predicted molar refractivity (Wildman–Crippen MR) is 57.3 cm³/mol. The first-order valence-corrected chi connectivity index (χ1v) is 6.04. The Morgan fingerprint density at radius 3 is 2.65 bits per heavy atom. The summed E-state index contributed by atoms with van der Waals surface area (Å²) in [6.07, 6.45) is -0.984. The Labute approximate surface area is 102 Å². The van der Waals surface area contributed by atoms with Crippen LogP contribution in [0.15, 0.2) is 23.1 Å². The summed E-state index contributed by atoms with van der Waals surface area (Å²) in [5, 5.41) is -0.342. The van der Waals surface area contributed by atoms with E-state index in [1.807, 2.05) is 0 Å². The molecular weight excluding hydrogens is 275 g/mol. The molecule has 0 saturated heterocycles. The van der Waals surface area contributed by atoms with Crippen LogP contribution in [0.4, 0.5) is 9.18 Å². The third-order valence-electron chi connectivity index (χ3n) is 1.67. The van der Waals surface area contributed by atoms with Crippen LogP contribution in [0.25, 0.3) is 0 Å². The lowest BCUT2D eigenvalue weighted by Crippen LogP contribution is -2.41. The fourth-order valence-corrected chi connectivity index (χ4v) is 1.96. The summed E-state index contributed by atoms with van der Waals surface area (Å²) in [5.41, 5.74) is 1.77. The molecular formula is C8H8ClFN2O4S. The van der Waals surface area contributed by atoms with E-state index in [2.05, 4.69) is 4.74 Å². The highest BCUT2D eigenvalue weighted by molar-refractivity contribution is 7.89. The van der Waals surface area contributed by atoms with Crippen molar-refractivity contribution in [1.29, 1.82) is 0 Å². The van der Waals surface area contributed by atoms with E-state index in [-0.39, 0.29) is 9.92 Å². The van der Waals surface area contributed by atoms with Crippen molar-refractivity contribution in [2.24, 2.45) is 0 Å². The molecule has 6 nitrogen and oxygen atoms in total. The summed E-state index contributed by atoms with van der Waals surface area (Å²) >= 11 is 5.43. The number of methoxy groups -OCH3 is 1. The third-order valence-corrected chi connectivity index (χ3v) is 3.21. The van der Waals surface area contributed by atoms with Gasteiger partial charge in [0, 0.05) is 0 Å². The highest BCUT2D eigenvalue weighted by Gasteiger charge is 2.16. The van der Waals surface area contributed by atoms with E-state index in [0.717, 1.165) is 25.3 Å². The van der Waals surface area contributed by atoms with Crippen molar-refractivity contribution in [2.75, 3.05) is 7.11 Å². The highest BCUT2D eigenvalue weighted by atomic mass is 35.5. The minimum Gasteiger partial charge on any atom is -0.452 e. The monoisotopic (exact) mass is 282 g/mol. The second-order valence-corrected chi connectivity index (χ2v) is 4.89. The van der Waals surface area contributed by atoms with E-state index in [1.54, 1.807) is 10.3 Å². The molecule has 9 heteroatoms. The number of ether oxygens (including phenoxy) is 1. The second kappa shape index (κ2) is 5.30. The van der Waals surface area contributed by atoms with Crippen molar-refractivity contribution >= 4 is 27.7 Å². The van der Waals surface area contributed by atoms with Gasteiger partial charge in [-0.3, -0.25) is 0 Å². The van der Waals surface area contributed by atoms with Crippen LogP contribution in [0.3, 0.4) is 0 Å². The number of sulfonamides is 1. The summed E-state index contributed by atoms with van der Waals surface area (Å²) in [6.45, 7) is 0. The lowest BCUT2D eigenvalue weighted by atomic mass is 10.3. The lowest BCUT2D eigenvalue weighted by molar-refractivity contribution is 0.169. The maximum atomic E-state index is 12.8. The molecule has 0 aliphatic heterocycles. The summed E-state index contributed by atoms with van der Waals surface area (Å²) in [4.78, 5) is 12.1. The first kappa shape index (κ1) is 13.7. The number of halogens is 2. The number of carbonyl (C=O) groups is 1. The molecule has 0 unspecified atom stereocenters. The van der Waals surface area contributed by atoms with Crippen molar-refractivity contribution < 1.29 is 22.3 Å². The van der Waals surface area contributed by atoms with Gasteiger partial charge in [0.1, 0.15) is 5.82 Å². The van der Waals surface area contributed by atoms with Gasteiger partial charge in [-0.15, -0.1) is 4.83 Å². The van der Waals surface area contributed by atoms with E-state index < -0.39 is 21.9 Å². The van der Waals surface area contributed by atoms with Gasteiger partial charge in [0.25, 0.3) is 10.0 Å². The number of hydrogen-bond acceptors (Lipinski definition) is 4. The Bertz CT molecular complexity index is 534. The normalized spacial score (nSPS) is 11.0. The number of rotatable bonds is 3.